The van der Waals surface area contributed by atoms with Crippen molar-refractivity contribution in [3.8, 4) is 10.6 Å². The molecule has 0 aliphatic carbocycles. The second-order valence-corrected chi connectivity index (χ2v) is 7.31. The van der Waals surface area contributed by atoms with E-state index in [1.807, 2.05) is 24.3 Å². The molecule has 3 aromatic rings. The highest BCUT2D eigenvalue weighted by molar-refractivity contribution is 7.99. The van der Waals surface area contributed by atoms with E-state index in [-0.39, 0.29) is 11.7 Å². The number of hydrogen-bond acceptors (Lipinski definition) is 4. The SMILES string of the molecule is O=C(c1csc(-c2ccc(F)cc2)n1)N1CCSc2ccccc21. The highest BCUT2D eigenvalue weighted by Crippen LogP contribution is 2.35. The molecule has 4 rings (SSSR count). The van der Waals surface area contributed by atoms with Gasteiger partial charge in [0.1, 0.15) is 16.5 Å². The third-order valence-corrected chi connectivity index (χ3v) is 5.72. The molecule has 3 nitrogen and oxygen atoms in total. The lowest BCUT2D eigenvalue weighted by Crippen LogP contribution is -2.35. The summed E-state index contributed by atoms with van der Waals surface area (Å²) in [5.74, 6) is 0.499. The molecule has 0 fully saturated rings. The first kappa shape index (κ1) is 15.4. The summed E-state index contributed by atoms with van der Waals surface area (Å²) in [4.78, 5) is 20.2. The number of carbonyl (C=O) groups excluding carboxylic acids is 1. The zero-order valence-corrected chi connectivity index (χ0v) is 14.2. The summed E-state index contributed by atoms with van der Waals surface area (Å²) in [5, 5.41) is 2.49. The van der Waals surface area contributed by atoms with Gasteiger partial charge in [0.25, 0.3) is 5.91 Å². The zero-order valence-electron chi connectivity index (χ0n) is 12.6. The minimum Gasteiger partial charge on any atom is -0.305 e. The number of rotatable bonds is 2. The smallest absolute Gasteiger partial charge is 0.277 e. The normalized spacial score (nSPS) is 13.6. The standard InChI is InChI=1S/C18H13FN2OS2/c19-13-7-5-12(6-8-13)17-20-14(11-24-17)18(22)21-9-10-23-16-4-2-1-3-15(16)21/h1-8,11H,9-10H2. The summed E-state index contributed by atoms with van der Waals surface area (Å²) in [7, 11) is 0. The van der Waals surface area contributed by atoms with E-state index < -0.39 is 0 Å². The van der Waals surface area contributed by atoms with Crippen molar-refractivity contribution < 1.29 is 9.18 Å². The van der Waals surface area contributed by atoms with Gasteiger partial charge in [-0.25, -0.2) is 9.37 Å². The van der Waals surface area contributed by atoms with Crippen LogP contribution in [0.15, 0.2) is 58.8 Å². The van der Waals surface area contributed by atoms with Crippen LogP contribution >= 0.6 is 23.1 Å². The van der Waals surface area contributed by atoms with Crippen molar-refractivity contribution in [3.05, 3.63) is 65.4 Å². The van der Waals surface area contributed by atoms with Crippen molar-refractivity contribution in [2.45, 2.75) is 4.90 Å². The fraction of sp³-hybridized carbons (Fsp3) is 0.111. The monoisotopic (exact) mass is 356 g/mol. The predicted molar refractivity (Wildman–Crippen MR) is 96.4 cm³/mol. The van der Waals surface area contributed by atoms with E-state index in [0.717, 1.165) is 26.9 Å². The Morgan fingerprint density at radius 1 is 1.12 bits per heavy atom. The van der Waals surface area contributed by atoms with Crippen LogP contribution in [0.25, 0.3) is 10.6 Å². The number of fused-ring (bicyclic) bond motifs is 1. The molecule has 120 valence electrons. The molecule has 2 aromatic carbocycles. The molecule has 0 radical (unpaired) electrons. The molecule has 2 heterocycles. The Kier molecular flexibility index (Phi) is 4.08. The van der Waals surface area contributed by atoms with Crippen LogP contribution in [0.1, 0.15) is 10.5 Å². The highest BCUT2D eigenvalue weighted by Gasteiger charge is 2.25. The number of halogens is 1. The molecule has 0 saturated heterocycles. The van der Waals surface area contributed by atoms with Crippen LogP contribution in [-0.4, -0.2) is 23.2 Å². The van der Waals surface area contributed by atoms with Crippen molar-refractivity contribution >= 4 is 34.7 Å². The van der Waals surface area contributed by atoms with E-state index in [0.29, 0.717) is 12.2 Å². The molecule has 1 aliphatic rings. The van der Waals surface area contributed by atoms with Gasteiger partial charge in [-0.15, -0.1) is 23.1 Å². The summed E-state index contributed by atoms with van der Waals surface area (Å²) in [6, 6.07) is 14.1. The molecule has 1 aliphatic heterocycles. The van der Waals surface area contributed by atoms with E-state index in [1.165, 1.54) is 23.5 Å². The predicted octanol–water partition coefficient (Wildman–Crippen LogP) is 4.70. The third-order valence-electron chi connectivity index (χ3n) is 3.79. The Morgan fingerprint density at radius 3 is 2.75 bits per heavy atom. The maximum Gasteiger partial charge on any atom is 0.277 e. The molecule has 24 heavy (non-hydrogen) atoms. The lowest BCUT2D eigenvalue weighted by molar-refractivity contribution is 0.0983. The quantitative estimate of drug-likeness (QED) is 0.667. The van der Waals surface area contributed by atoms with Crippen molar-refractivity contribution in [1.82, 2.24) is 4.98 Å². The van der Waals surface area contributed by atoms with Gasteiger partial charge < -0.3 is 4.90 Å². The number of carbonyl (C=O) groups is 1. The van der Waals surface area contributed by atoms with Gasteiger partial charge in [-0.3, -0.25) is 4.79 Å². The van der Waals surface area contributed by atoms with Crippen molar-refractivity contribution in [2.75, 3.05) is 17.2 Å². The number of para-hydroxylation sites is 1. The Balaban J connectivity index is 1.63. The second kappa shape index (κ2) is 6.37. The van der Waals surface area contributed by atoms with Gasteiger partial charge in [-0.05, 0) is 36.4 Å². The van der Waals surface area contributed by atoms with E-state index >= 15 is 0 Å². The van der Waals surface area contributed by atoms with Gasteiger partial charge in [0.15, 0.2) is 0 Å². The summed E-state index contributed by atoms with van der Waals surface area (Å²) in [5.41, 5.74) is 2.19. The van der Waals surface area contributed by atoms with E-state index in [1.54, 1.807) is 34.2 Å². The first-order valence-corrected chi connectivity index (χ1v) is 9.34. The molecule has 6 heteroatoms. The van der Waals surface area contributed by atoms with Crippen LogP contribution in [0.2, 0.25) is 0 Å². The molecule has 0 unspecified atom stereocenters. The van der Waals surface area contributed by atoms with Gasteiger partial charge in [-0.1, -0.05) is 12.1 Å². The Bertz CT molecular complexity index is 892. The van der Waals surface area contributed by atoms with Gasteiger partial charge in [0.2, 0.25) is 0 Å². The molecule has 0 bridgehead atoms. The van der Waals surface area contributed by atoms with Gasteiger partial charge in [0.05, 0.1) is 5.69 Å². The van der Waals surface area contributed by atoms with E-state index in [9.17, 15) is 9.18 Å². The van der Waals surface area contributed by atoms with Crippen LogP contribution in [0.3, 0.4) is 0 Å². The number of nitrogens with zero attached hydrogens (tertiary/aromatic N) is 2. The fourth-order valence-corrected chi connectivity index (χ4v) is 4.41. The molecule has 0 saturated carbocycles. The maximum atomic E-state index is 13.0. The molecular weight excluding hydrogens is 343 g/mol. The summed E-state index contributed by atoms with van der Waals surface area (Å²) < 4.78 is 13.0. The largest absolute Gasteiger partial charge is 0.305 e. The Labute approximate surface area is 147 Å². The number of thiazole rings is 1. The Morgan fingerprint density at radius 2 is 1.92 bits per heavy atom. The van der Waals surface area contributed by atoms with Gasteiger partial charge >= 0.3 is 0 Å². The minimum absolute atomic E-state index is 0.0904. The number of aromatic nitrogens is 1. The molecule has 0 N–H and O–H groups in total. The van der Waals surface area contributed by atoms with Gasteiger partial charge in [-0.2, -0.15) is 0 Å². The summed E-state index contributed by atoms with van der Waals surface area (Å²) in [6.07, 6.45) is 0. The summed E-state index contributed by atoms with van der Waals surface area (Å²) in [6.45, 7) is 0.671. The van der Waals surface area contributed by atoms with E-state index in [2.05, 4.69) is 4.98 Å². The minimum atomic E-state index is -0.283. The number of anilines is 1. The fourth-order valence-electron chi connectivity index (χ4n) is 2.62. The molecule has 1 aromatic heterocycles. The van der Waals surface area contributed by atoms with Crippen LogP contribution < -0.4 is 4.90 Å². The molecule has 1 amide bonds. The number of benzene rings is 2. The van der Waals surface area contributed by atoms with Crippen LogP contribution in [0, 0.1) is 5.82 Å². The molecule has 0 spiro atoms. The topological polar surface area (TPSA) is 33.2 Å². The maximum absolute atomic E-state index is 13.0. The number of amides is 1. The summed E-state index contributed by atoms with van der Waals surface area (Å²) >= 11 is 3.16. The molecule has 0 atom stereocenters. The Hall–Kier alpha value is -2.18. The highest BCUT2D eigenvalue weighted by atomic mass is 32.2. The van der Waals surface area contributed by atoms with Gasteiger partial charge in [0, 0.05) is 28.1 Å². The first-order valence-electron chi connectivity index (χ1n) is 7.47. The average Bonchev–Trinajstić information content (AvgIpc) is 3.11. The van der Waals surface area contributed by atoms with Crippen LogP contribution in [0.4, 0.5) is 10.1 Å². The lowest BCUT2D eigenvalue weighted by Gasteiger charge is -2.28. The van der Waals surface area contributed by atoms with Crippen LogP contribution in [-0.2, 0) is 0 Å². The average molecular weight is 356 g/mol. The zero-order chi connectivity index (χ0) is 16.5. The van der Waals surface area contributed by atoms with E-state index in [4.69, 9.17) is 0 Å². The third kappa shape index (κ3) is 2.83. The molecular formula is C18H13FN2OS2. The van der Waals surface area contributed by atoms with Crippen molar-refractivity contribution in [2.24, 2.45) is 0 Å². The number of hydrogen-bond donors (Lipinski definition) is 0. The second-order valence-electron chi connectivity index (χ2n) is 5.32. The van der Waals surface area contributed by atoms with Crippen LogP contribution in [0.5, 0.6) is 0 Å². The first-order chi connectivity index (χ1) is 11.7. The van der Waals surface area contributed by atoms with Crippen molar-refractivity contribution in [3.63, 3.8) is 0 Å². The number of thioether (sulfide) groups is 1. The van der Waals surface area contributed by atoms with Crippen molar-refractivity contribution in [1.29, 1.82) is 0 Å². The lowest BCUT2D eigenvalue weighted by atomic mass is 10.2.